The van der Waals surface area contributed by atoms with Gasteiger partial charge in [-0.1, -0.05) is 74.6 Å². The van der Waals surface area contributed by atoms with E-state index in [0.29, 0.717) is 12.8 Å². The summed E-state index contributed by atoms with van der Waals surface area (Å²) in [6.45, 7) is 3.91. The molecule has 0 saturated carbocycles. The zero-order valence-corrected chi connectivity index (χ0v) is 18.1. The van der Waals surface area contributed by atoms with E-state index in [1.54, 1.807) is 6.92 Å². The lowest BCUT2D eigenvalue weighted by molar-refractivity contribution is -0.160. The second kappa shape index (κ2) is 20.5. The number of esters is 2. The van der Waals surface area contributed by atoms with Gasteiger partial charge in [-0.15, -0.1) is 0 Å². The highest BCUT2D eigenvalue weighted by atomic mass is 16.6. The van der Waals surface area contributed by atoms with Crippen molar-refractivity contribution in [1.29, 1.82) is 0 Å². The molecule has 0 bridgehead atoms. The molecular weight excluding hydrogens is 364 g/mol. The van der Waals surface area contributed by atoms with Crippen molar-refractivity contribution in [2.24, 2.45) is 0 Å². The maximum atomic E-state index is 11.5. The molecule has 0 radical (unpaired) electrons. The van der Waals surface area contributed by atoms with Crippen molar-refractivity contribution in [3.8, 4) is 0 Å². The van der Waals surface area contributed by atoms with Gasteiger partial charge in [-0.2, -0.15) is 0 Å². The summed E-state index contributed by atoms with van der Waals surface area (Å²) in [5.74, 6) is -1.18. The van der Waals surface area contributed by atoms with Gasteiger partial charge in [0.15, 0.2) is 0 Å². The van der Waals surface area contributed by atoms with E-state index in [0.717, 1.165) is 38.5 Å². The molecule has 0 amide bonds. The molecule has 4 nitrogen and oxygen atoms in total. The zero-order chi connectivity index (χ0) is 21.6. The lowest BCUT2D eigenvalue weighted by Gasteiger charge is -2.06. The molecule has 1 N–H and O–H groups in total. The Bertz CT molecular complexity index is 567. The van der Waals surface area contributed by atoms with E-state index in [2.05, 4.69) is 66.3 Å². The summed E-state index contributed by atoms with van der Waals surface area (Å²) in [6.07, 6.45) is 27.6. The molecule has 0 aliphatic heterocycles. The third-order valence-corrected chi connectivity index (χ3v) is 4.01. The van der Waals surface area contributed by atoms with Crippen LogP contribution in [0.3, 0.4) is 0 Å². The Labute approximate surface area is 176 Å². The normalized spacial score (nSPS) is 13.5. The third-order valence-electron chi connectivity index (χ3n) is 4.01. The zero-order valence-electron chi connectivity index (χ0n) is 18.1. The van der Waals surface area contributed by atoms with E-state index in [-0.39, 0.29) is 12.8 Å². The van der Waals surface area contributed by atoms with E-state index in [4.69, 9.17) is 0 Å². The topological polar surface area (TPSA) is 63.6 Å². The lowest BCUT2D eigenvalue weighted by atomic mass is 10.2. The number of aliphatic hydroxyl groups is 1. The Hall–Kier alpha value is -2.20. The average molecular weight is 403 g/mol. The molecule has 0 rings (SSSR count). The molecule has 1 unspecified atom stereocenters. The Morgan fingerprint density at radius 3 is 1.72 bits per heavy atom. The third kappa shape index (κ3) is 20.3. The molecule has 29 heavy (non-hydrogen) atoms. The first kappa shape index (κ1) is 26.8. The van der Waals surface area contributed by atoms with Crippen LogP contribution in [-0.2, 0) is 14.3 Å². The monoisotopic (exact) mass is 402 g/mol. The molecular formula is C25H38O4. The van der Waals surface area contributed by atoms with Crippen molar-refractivity contribution in [2.75, 3.05) is 0 Å². The molecule has 0 aliphatic carbocycles. The Morgan fingerprint density at radius 1 is 0.759 bits per heavy atom. The van der Waals surface area contributed by atoms with Crippen molar-refractivity contribution >= 4 is 11.9 Å². The summed E-state index contributed by atoms with van der Waals surface area (Å²) in [5.41, 5.74) is 0. The molecule has 0 saturated heterocycles. The summed E-state index contributed by atoms with van der Waals surface area (Å²) in [7, 11) is 0. The van der Waals surface area contributed by atoms with Crippen LogP contribution in [-0.4, -0.2) is 23.1 Å². The van der Waals surface area contributed by atoms with Gasteiger partial charge in [-0.05, 0) is 51.4 Å². The minimum Gasteiger partial charge on any atom is -0.393 e. The van der Waals surface area contributed by atoms with Crippen molar-refractivity contribution in [2.45, 2.75) is 84.2 Å². The van der Waals surface area contributed by atoms with Crippen LogP contribution in [0.25, 0.3) is 0 Å². The van der Waals surface area contributed by atoms with E-state index in [1.165, 1.54) is 0 Å². The van der Waals surface area contributed by atoms with Gasteiger partial charge in [0.1, 0.15) is 0 Å². The predicted molar refractivity (Wildman–Crippen MR) is 120 cm³/mol. The number of rotatable bonds is 16. The number of hydrogen-bond donors (Lipinski definition) is 1. The summed E-state index contributed by atoms with van der Waals surface area (Å²) in [6, 6.07) is 0. The van der Waals surface area contributed by atoms with E-state index >= 15 is 0 Å². The van der Waals surface area contributed by atoms with Crippen molar-refractivity contribution < 1.29 is 19.4 Å². The summed E-state index contributed by atoms with van der Waals surface area (Å²) in [5, 5.41) is 9.34. The number of carbonyl (C=O) groups excluding carboxylic acids is 2. The number of carbonyl (C=O) groups is 2. The SMILES string of the molecule is CC/C=C\C/C=C\C/C=C\C/C=C\C/C=C\CCCC(=O)OC(=O)CC(O)CC. The predicted octanol–water partition coefficient (Wildman–Crippen LogP) is 6.14. The molecule has 0 spiro atoms. The molecule has 1 atom stereocenters. The molecule has 0 aromatic rings. The van der Waals surface area contributed by atoms with Gasteiger partial charge in [0.25, 0.3) is 0 Å². The first-order chi connectivity index (χ1) is 14.1. The largest absolute Gasteiger partial charge is 0.393 e. The number of unbranched alkanes of at least 4 members (excludes halogenated alkanes) is 1. The minimum atomic E-state index is -0.739. The van der Waals surface area contributed by atoms with Gasteiger partial charge in [0.2, 0.25) is 0 Å². The average Bonchev–Trinajstić information content (AvgIpc) is 2.70. The smallest absolute Gasteiger partial charge is 0.316 e. The van der Waals surface area contributed by atoms with Gasteiger partial charge in [0.05, 0.1) is 12.5 Å². The lowest BCUT2D eigenvalue weighted by Crippen LogP contribution is -2.18. The fourth-order valence-electron chi connectivity index (χ4n) is 2.29. The van der Waals surface area contributed by atoms with E-state index in [1.807, 2.05) is 6.08 Å². The van der Waals surface area contributed by atoms with Gasteiger partial charge in [-0.3, -0.25) is 9.59 Å². The van der Waals surface area contributed by atoms with Gasteiger partial charge < -0.3 is 9.84 Å². The highest BCUT2D eigenvalue weighted by Crippen LogP contribution is 2.04. The van der Waals surface area contributed by atoms with Crippen LogP contribution in [0.15, 0.2) is 60.8 Å². The highest BCUT2D eigenvalue weighted by Gasteiger charge is 2.13. The first-order valence-corrected chi connectivity index (χ1v) is 10.8. The molecule has 0 aromatic carbocycles. The Morgan fingerprint density at radius 2 is 1.24 bits per heavy atom. The molecule has 0 heterocycles. The number of allylic oxidation sites excluding steroid dienone is 10. The number of hydrogen-bond acceptors (Lipinski definition) is 4. The van der Waals surface area contributed by atoms with Crippen molar-refractivity contribution in [1.82, 2.24) is 0 Å². The van der Waals surface area contributed by atoms with Crippen LogP contribution < -0.4 is 0 Å². The Kier molecular flexibility index (Phi) is 19.0. The maximum absolute atomic E-state index is 11.5. The standard InChI is InChI=1S/C25H38O4/c1-3-5-6-7-8-9-10-11-12-13-14-15-16-17-18-19-20-21-24(27)29-25(28)22-23(26)4-2/h5-6,8-9,11-12,14-15,17-18,23,26H,3-4,7,10,13,16,19-22H2,1-2H3/b6-5-,9-8-,12-11-,15-14-,18-17-. The molecule has 0 fully saturated rings. The minimum absolute atomic E-state index is 0.128. The van der Waals surface area contributed by atoms with Gasteiger partial charge in [-0.25, -0.2) is 0 Å². The van der Waals surface area contributed by atoms with Crippen LogP contribution in [0, 0.1) is 0 Å². The van der Waals surface area contributed by atoms with Crippen LogP contribution in [0.4, 0.5) is 0 Å². The molecule has 4 heteroatoms. The maximum Gasteiger partial charge on any atom is 0.316 e. The first-order valence-electron chi connectivity index (χ1n) is 10.8. The number of aliphatic hydroxyl groups excluding tert-OH is 1. The molecule has 162 valence electrons. The van der Waals surface area contributed by atoms with Gasteiger partial charge >= 0.3 is 11.9 Å². The van der Waals surface area contributed by atoms with E-state index < -0.39 is 18.0 Å². The summed E-state index contributed by atoms with van der Waals surface area (Å²) >= 11 is 0. The van der Waals surface area contributed by atoms with Gasteiger partial charge in [0, 0.05) is 6.42 Å². The fraction of sp³-hybridized carbons (Fsp3) is 0.520. The highest BCUT2D eigenvalue weighted by molar-refractivity contribution is 5.85. The van der Waals surface area contributed by atoms with E-state index in [9.17, 15) is 14.7 Å². The summed E-state index contributed by atoms with van der Waals surface area (Å²) < 4.78 is 4.67. The van der Waals surface area contributed by atoms with Crippen LogP contribution in [0.1, 0.15) is 78.1 Å². The second-order valence-electron chi connectivity index (χ2n) is 6.71. The van der Waals surface area contributed by atoms with Crippen LogP contribution in [0.2, 0.25) is 0 Å². The van der Waals surface area contributed by atoms with Crippen LogP contribution >= 0.6 is 0 Å². The van der Waals surface area contributed by atoms with Crippen LogP contribution in [0.5, 0.6) is 0 Å². The number of ether oxygens (including phenoxy) is 1. The second-order valence-corrected chi connectivity index (χ2v) is 6.71. The Balaban J connectivity index is 3.63. The van der Waals surface area contributed by atoms with Crippen molar-refractivity contribution in [3.63, 3.8) is 0 Å². The quantitative estimate of drug-likeness (QED) is 0.146. The van der Waals surface area contributed by atoms with Crippen molar-refractivity contribution in [3.05, 3.63) is 60.8 Å². The molecule has 0 aliphatic rings. The summed E-state index contributed by atoms with van der Waals surface area (Å²) in [4.78, 5) is 22.9. The molecule has 0 aromatic heterocycles. The fourth-order valence-corrected chi connectivity index (χ4v) is 2.29.